The Labute approximate surface area is 175 Å². The zero-order chi connectivity index (χ0) is 21.5. The Balaban J connectivity index is 1.63. The van der Waals surface area contributed by atoms with E-state index in [-0.39, 0.29) is 48.5 Å². The molecule has 1 amide bonds. The van der Waals surface area contributed by atoms with E-state index in [4.69, 9.17) is 0 Å². The average molecular weight is 431 g/mol. The fourth-order valence-corrected chi connectivity index (χ4v) is 5.89. The highest BCUT2D eigenvalue weighted by atomic mass is 32.2. The third kappa shape index (κ3) is 3.45. The van der Waals surface area contributed by atoms with E-state index in [0.717, 1.165) is 21.5 Å². The first-order valence-corrected chi connectivity index (χ1v) is 11.2. The minimum absolute atomic E-state index is 0.0996. The highest BCUT2D eigenvalue weighted by molar-refractivity contribution is 7.89. The fourth-order valence-electron chi connectivity index (χ4n) is 4.45. The number of hydrogen-bond donors (Lipinski definition) is 1. The number of fused-ring (bicyclic) bond motifs is 1. The van der Waals surface area contributed by atoms with Crippen LogP contribution in [0, 0.1) is 5.82 Å². The van der Waals surface area contributed by atoms with Crippen molar-refractivity contribution in [2.45, 2.75) is 29.8 Å². The minimum atomic E-state index is -4.01. The van der Waals surface area contributed by atoms with Gasteiger partial charge in [0, 0.05) is 12.5 Å². The molecule has 2 aliphatic heterocycles. The number of halogens is 1. The fraction of sp³-hybridized carbons (Fsp3) is 0.318. The first kappa shape index (κ1) is 20.7. The van der Waals surface area contributed by atoms with E-state index in [0.29, 0.717) is 0 Å². The summed E-state index contributed by atoms with van der Waals surface area (Å²) in [5.74, 6) is -1.18. The van der Waals surface area contributed by atoms with Crippen LogP contribution in [0.25, 0.3) is 6.08 Å². The maximum Gasteiger partial charge on any atom is 0.243 e. The second-order valence-corrected chi connectivity index (χ2v) is 9.50. The van der Waals surface area contributed by atoms with Gasteiger partial charge in [-0.3, -0.25) is 4.79 Å². The zero-order valence-corrected chi connectivity index (χ0v) is 17.3. The van der Waals surface area contributed by atoms with Gasteiger partial charge >= 0.3 is 0 Å². The summed E-state index contributed by atoms with van der Waals surface area (Å²) in [7, 11) is -4.01. The first-order valence-electron chi connectivity index (χ1n) is 9.77. The molecule has 0 unspecified atom stereocenters. The van der Waals surface area contributed by atoms with Crippen LogP contribution in [-0.4, -0.2) is 60.4 Å². The van der Waals surface area contributed by atoms with Gasteiger partial charge in [0.1, 0.15) is 5.82 Å². The number of hydrogen-bond acceptors (Lipinski definition) is 4. The molecule has 0 aromatic heterocycles. The van der Waals surface area contributed by atoms with Crippen molar-refractivity contribution >= 4 is 22.0 Å². The Morgan fingerprint density at radius 1 is 1.20 bits per heavy atom. The molecule has 6 nitrogen and oxygen atoms in total. The van der Waals surface area contributed by atoms with Crippen LogP contribution in [0.2, 0.25) is 0 Å². The van der Waals surface area contributed by atoms with Gasteiger partial charge in [0.25, 0.3) is 0 Å². The van der Waals surface area contributed by atoms with Crippen LogP contribution in [-0.2, 0) is 14.8 Å². The Kier molecular flexibility index (Phi) is 5.48. The molecule has 0 bridgehead atoms. The molecule has 30 heavy (non-hydrogen) atoms. The lowest BCUT2D eigenvalue weighted by Gasteiger charge is -2.58. The van der Waals surface area contributed by atoms with E-state index in [9.17, 15) is 22.7 Å². The van der Waals surface area contributed by atoms with Crippen molar-refractivity contribution in [3.05, 3.63) is 71.6 Å². The third-order valence-electron chi connectivity index (χ3n) is 5.84. The molecule has 0 aliphatic carbocycles. The van der Waals surface area contributed by atoms with Crippen LogP contribution >= 0.6 is 0 Å². The van der Waals surface area contributed by atoms with Gasteiger partial charge in [-0.05, 0) is 36.2 Å². The zero-order valence-electron chi connectivity index (χ0n) is 16.5. The molecule has 158 valence electrons. The van der Waals surface area contributed by atoms with E-state index in [1.807, 2.05) is 43.3 Å². The minimum Gasteiger partial charge on any atom is -0.394 e. The molecule has 2 aliphatic rings. The Morgan fingerprint density at radius 3 is 2.57 bits per heavy atom. The van der Waals surface area contributed by atoms with Gasteiger partial charge in [0.2, 0.25) is 15.9 Å². The van der Waals surface area contributed by atoms with Gasteiger partial charge in [-0.25, -0.2) is 12.8 Å². The van der Waals surface area contributed by atoms with E-state index >= 15 is 0 Å². The smallest absolute Gasteiger partial charge is 0.243 e. The van der Waals surface area contributed by atoms with Gasteiger partial charge in [0.15, 0.2) is 0 Å². The molecule has 2 fully saturated rings. The molecule has 8 heteroatoms. The number of benzene rings is 2. The molecule has 3 atom stereocenters. The SMILES string of the molecule is C/C=C/c1ccc([C@H]2[C@@H](CO)N3C(=O)CN(S(=O)(=O)c4cccc(F)c4)C[C@H]23)cc1. The van der Waals surface area contributed by atoms with Crippen LogP contribution in [0.5, 0.6) is 0 Å². The van der Waals surface area contributed by atoms with Gasteiger partial charge in [0.05, 0.1) is 30.1 Å². The van der Waals surface area contributed by atoms with Gasteiger partial charge in [-0.1, -0.05) is 42.5 Å². The van der Waals surface area contributed by atoms with E-state index in [1.54, 1.807) is 4.90 Å². The molecule has 4 rings (SSSR count). The highest BCUT2D eigenvalue weighted by Gasteiger charge is 2.55. The molecular formula is C22H23FN2O4S. The Morgan fingerprint density at radius 2 is 1.93 bits per heavy atom. The summed E-state index contributed by atoms with van der Waals surface area (Å²) in [5, 5.41) is 9.87. The average Bonchev–Trinajstić information content (AvgIpc) is 2.71. The molecule has 0 saturated carbocycles. The number of nitrogens with zero attached hydrogens (tertiary/aromatic N) is 2. The predicted molar refractivity (Wildman–Crippen MR) is 111 cm³/mol. The number of rotatable bonds is 5. The lowest BCUT2D eigenvalue weighted by Crippen LogP contribution is -2.73. The van der Waals surface area contributed by atoms with Crippen LogP contribution in [0.3, 0.4) is 0 Å². The summed E-state index contributed by atoms with van der Waals surface area (Å²) in [6.45, 7) is 1.52. The van der Waals surface area contributed by atoms with E-state index in [1.165, 1.54) is 18.2 Å². The molecule has 2 aromatic rings. The second-order valence-electron chi connectivity index (χ2n) is 7.57. The molecule has 2 heterocycles. The maximum atomic E-state index is 13.6. The van der Waals surface area contributed by atoms with Crippen LogP contribution < -0.4 is 0 Å². The van der Waals surface area contributed by atoms with Crippen LogP contribution in [0.1, 0.15) is 24.0 Å². The van der Waals surface area contributed by atoms with Crippen molar-refractivity contribution in [1.29, 1.82) is 0 Å². The Bertz CT molecular complexity index is 1080. The number of aliphatic hydroxyl groups is 1. The van der Waals surface area contributed by atoms with Gasteiger partial charge in [-0.15, -0.1) is 0 Å². The lowest BCUT2D eigenvalue weighted by atomic mass is 9.74. The molecule has 0 spiro atoms. The van der Waals surface area contributed by atoms with Crippen molar-refractivity contribution in [1.82, 2.24) is 9.21 Å². The topological polar surface area (TPSA) is 77.9 Å². The number of aliphatic hydroxyl groups excluding tert-OH is 1. The molecule has 2 saturated heterocycles. The number of amides is 1. The number of piperazine rings is 1. The van der Waals surface area contributed by atoms with Gasteiger partial charge < -0.3 is 10.0 Å². The molecule has 1 N–H and O–H groups in total. The van der Waals surface area contributed by atoms with E-state index in [2.05, 4.69) is 0 Å². The quantitative estimate of drug-likeness (QED) is 0.789. The summed E-state index contributed by atoms with van der Waals surface area (Å²) in [6, 6.07) is 11.8. The lowest BCUT2D eigenvalue weighted by molar-refractivity contribution is -0.158. The summed E-state index contributed by atoms with van der Waals surface area (Å²) in [5.41, 5.74) is 1.98. The maximum absolute atomic E-state index is 13.6. The van der Waals surface area contributed by atoms with Crippen molar-refractivity contribution in [2.75, 3.05) is 19.7 Å². The van der Waals surface area contributed by atoms with Gasteiger partial charge in [-0.2, -0.15) is 4.31 Å². The monoisotopic (exact) mass is 430 g/mol. The Hall–Kier alpha value is -2.55. The van der Waals surface area contributed by atoms with Crippen molar-refractivity contribution in [3.63, 3.8) is 0 Å². The summed E-state index contributed by atoms with van der Waals surface area (Å²) in [4.78, 5) is 14.1. The normalized spacial score (nSPS) is 24.7. The second kappa shape index (κ2) is 7.94. The van der Waals surface area contributed by atoms with Crippen LogP contribution in [0.15, 0.2) is 59.5 Å². The number of allylic oxidation sites excluding steroid dienone is 1. The predicted octanol–water partition coefficient (Wildman–Crippen LogP) is 2.22. The van der Waals surface area contributed by atoms with Crippen molar-refractivity contribution in [3.8, 4) is 0 Å². The number of sulfonamides is 1. The van der Waals surface area contributed by atoms with Crippen molar-refractivity contribution in [2.24, 2.45) is 0 Å². The van der Waals surface area contributed by atoms with Crippen molar-refractivity contribution < 1.29 is 22.7 Å². The standard InChI is InChI=1S/C22H23FN2O4S/c1-2-4-15-7-9-16(10-8-15)22-19-12-24(13-21(27)25(19)20(22)14-26)30(28,29)18-6-3-5-17(23)11-18/h2-11,19-20,22,26H,12-14H2,1H3/b4-2+/t19-,20-,22-/m1/s1. The molecule has 2 aromatic carbocycles. The molecular weight excluding hydrogens is 407 g/mol. The third-order valence-corrected chi connectivity index (χ3v) is 7.64. The summed E-state index contributed by atoms with van der Waals surface area (Å²) in [6.07, 6.45) is 3.91. The van der Waals surface area contributed by atoms with E-state index < -0.39 is 15.8 Å². The number of carbonyl (C=O) groups excluding carboxylic acids is 1. The summed E-state index contributed by atoms with van der Waals surface area (Å²) >= 11 is 0. The summed E-state index contributed by atoms with van der Waals surface area (Å²) < 4.78 is 40.7. The highest BCUT2D eigenvalue weighted by Crippen LogP contribution is 2.43. The molecule has 0 radical (unpaired) electrons. The largest absolute Gasteiger partial charge is 0.394 e. The number of carbonyl (C=O) groups is 1. The van der Waals surface area contributed by atoms with Crippen LogP contribution in [0.4, 0.5) is 4.39 Å². The first-order chi connectivity index (χ1) is 14.4.